The summed E-state index contributed by atoms with van der Waals surface area (Å²) in [6.45, 7) is 0. The number of benzene rings is 6. The summed E-state index contributed by atoms with van der Waals surface area (Å²) in [6.07, 6.45) is 6.71. The van der Waals surface area contributed by atoms with Crippen molar-refractivity contribution in [1.29, 1.82) is 0 Å². The molecule has 0 saturated carbocycles. The molecule has 0 aliphatic heterocycles. The molecule has 0 fully saturated rings. The van der Waals surface area contributed by atoms with Crippen molar-refractivity contribution in [1.82, 2.24) is 9.13 Å². The van der Waals surface area contributed by atoms with E-state index in [4.69, 9.17) is 4.42 Å². The summed E-state index contributed by atoms with van der Waals surface area (Å²) >= 11 is 0. The minimum Gasteiger partial charge on any atom is -0.456 e. The molecule has 3 nitrogen and oxygen atoms in total. The molecule has 9 aromatic rings. The van der Waals surface area contributed by atoms with Gasteiger partial charge in [0, 0.05) is 55.6 Å². The van der Waals surface area contributed by atoms with E-state index in [0.717, 1.165) is 40.5 Å². The van der Waals surface area contributed by atoms with Crippen molar-refractivity contribution in [2.45, 2.75) is 12.8 Å². The lowest BCUT2D eigenvalue weighted by Gasteiger charge is -2.15. The number of allylic oxidation sites excluding steroid dienone is 1. The van der Waals surface area contributed by atoms with Crippen LogP contribution in [-0.2, 0) is 6.42 Å². The minimum atomic E-state index is 0.905. The molecule has 212 valence electrons. The SMILES string of the molecule is C1=Cc2c(n(-c3cccc(-c4ccccc4)c3)c3c2ccc2c3c3ccccc3n2-c2ccc3c(c2)oc2ccccc23)CC1. The largest absolute Gasteiger partial charge is 0.456 e. The second-order valence-corrected chi connectivity index (χ2v) is 12.0. The van der Waals surface area contributed by atoms with Gasteiger partial charge in [-0.1, -0.05) is 97.1 Å². The first-order chi connectivity index (χ1) is 22.3. The van der Waals surface area contributed by atoms with Gasteiger partial charge in [-0.2, -0.15) is 0 Å². The van der Waals surface area contributed by atoms with E-state index < -0.39 is 0 Å². The maximum atomic E-state index is 6.34. The molecule has 0 atom stereocenters. The Balaban J connectivity index is 1.30. The molecule has 0 bridgehead atoms. The van der Waals surface area contributed by atoms with Gasteiger partial charge in [-0.15, -0.1) is 0 Å². The van der Waals surface area contributed by atoms with Gasteiger partial charge < -0.3 is 13.6 Å². The van der Waals surface area contributed by atoms with Crippen LogP contribution in [0.25, 0.3) is 83.2 Å². The van der Waals surface area contributed by atoms with Gasteiger partial charge in [0.25, 0.3) is 0 Å². The van der Waals surface area contributed by atoms with Crippen LogP contribution in [0.15, 0.2) is 144 Å². The smallest absolute Gasteiger partial charge is 0.137 e. The fourth-order valence-corrected chi connectivity index (χ4v) is 7.63. The molecule has 1 aliphatic rings. The molecule has 0 radical (unpaired) electrons. The van der Waals surface area contributed by atoms with Crippen LogP contribution in [0, 0.1) is 0 Å². The Morgan fingerprint density at radius 3 is 2.20 bits per heavy atom. The molecule has 0 N–H and O–H groups in total. The zero-order valence-corrected chi connectivity index (χ0v) is 24.6. The number of hydrogen-bond donors (Lipinski definition) is 0. The molecule has 0 spiro atoms. The standard InChI is InChI=1S/C42H28N2O/c1-2-11-27(12-3-1)28-13-10-14-29(25-28)44-36-18-7-4-15-31(36)34-23-24-38-41(42(34)44)35-17-5-8-19-37(35)43(38)30-21-22-33-32-16-6-9-20-39(32)45-40(33)26-30/h1-6,8-17,19-26H,7,18H2. The third-order valence-electron chi connectivity index (χ3n) is 9.57. The Morgan fingerprint density at radius 2 is 1.27 bits per heavy atom. The maximum absolute atomic E-state index is 6.34. The van der Waals surface area contributed by atoms with Crippen molar-refractivity contribution < 1.29 is 4.42 Å². The van der Waals surface area contributed by atoms with Crippen LogP contribution in [0.2, 0.25) is 0 Å². The lowest BCUT2D eigenvalue weighted by molar-refractivity contribution is 0.668. The van der Waals surface area contributed by atoms with Crippen LogP contribution >= 0.6 is 0 Å². The van der Waals surface area contributed by atoms with Crippen molar-refractivity contribution in [3.63, 3.8) is 0 Å². The normalized spacial score (nSPS) is 13.1. The van der Waals surface area contributed by atoms with E-state index in [1.54, 1.807) is 0 Å². The van der Waals surface area contributed by atoms with E-state index >= 15 is 0 Å². The molecule has 3 heterocycles. The molecular formula is C42H28N2O. The van der Waals surface area contributed by atoms with Gasteiger partial charge in [-0.3, -0.25) is 0 Å². The van der Waals surface area contributed by atoms with Crippen molar-refractivity contribution in [2.75, 3.05) is 0 Å². The van der Waals surface area contributed by atoms with E-state index in [1.165, 1.54) is 60.8 Å². The summed E-state index contributed by atoms with van der Waals surface area (Å²) in [5.41, 5.74) is 12.9. The first-order valence-corrected chi connectivity index (χ1v) is 15.7. The zero-order chi connectivity index (χ0) is 29.5. The van der Waals surface area contributed by atoms with Crippen LogP contribution in [-0.4, -0.2) is 9.13 Å². The maximum Gasteiger partial charge on any atom is 0.137 e. The second kappa shape index (κ2) is 9.35. The van der Waals surface area contributed by atoms with Crippen LogP contribution in [0.5, 0.6) is 0 Å². The Kier molecular flexibility index (Phi) is 5.11. The summed E-state index contributed by atoms with van der Waals surface area (Å²) in [6, 6.07) is 48.1. The van der Waals surface area contributed by atoms with Gasteiger partial charge in [0.1, 0.15) is 11.2 Å². The Hall–Kier alpha value is -5.80. The molecule has 0 amide bonds. The number of para-hydroxylation sites is 2. The van der Waals surface area contributed by atoms with E-state index in [-0.39, 0.29) is 0 Å². The molecule has 1 aliphatic carbocycles. The van der Waals surface area contributed by atoms with Crippen molar-refractivity contribution >= 4 is 60.7 Å². The van der Waals surface area contributed by atoms with Crippen LogP contribution in [0.3, 0.4) is 0 Å². The summed E-state index contributed by atoms with van der Waals surface area (Å²) in [5.74, 6) is 0. The number of hydrogen-bond acceptors (Lipinski definition) is 1. The molecule has 3 heteroatoms. The lowest BCUT2D eigenvalue weighted by atomic mass is 10.0. The van der Waals surface area contributed by atoms with Gasteiger partial charge >= 0.3 is 0 Å². The molecule has 3 aromatic heterocycles. The van der Waals surface area contributed by atoms with E-state index in [0.29, 0.717) is 0 Å². The predicted molar refractivity (Wildman–Crippen MR) is 188 cm³/mol. The molecule has 0 saturated heterocycles. The Morgan fingerprint density at radius 1 is 0.511 bits per heavy atom. The van der Waals surface area contributed by atoms with Gasteiger partial charge in [-0.25, -0.2) is 0 Å². The number of aromatic nitrogens is 2. The van der Waals surface area contributed by atoms with Crippen molar-refractivity contribution in [2.24, 2.45) is 0 Å². The van der Waals surface area contributed by atoms with Gasteiger partial charge in [0.2, 0.25) is 0 Å². The Labute approximate surface area is 259 Å². The first-order valence-electron chi connectivity index (χ1n) is 15.7. The summed E-state index contributed by atoms with van der Waals surface area (Å²) in [4.78, 5) is 0. The predicted octanol–water partition coefficient (Wildman–Crippen LogP) is 11.3. The van der Waals surface area contributed by atoms with Crippen LogP contribution < -0.4 is 0 Å². The highest BCUT2D eigenvalue weighted by Crippen LogP contribution is 2.43. The molecular weight excluding hydrogens is 548 g/mol. The molecule has 10 rings (SSSR count). The van der Waals surface area contributed by atoms with Crippen LogP contribution in [0.1, 0.15) is 17.7 Å². The van der Waals surface area contributed by atoms with E-state index in [9.17, 15) is 0 Å². The highest BCUT2D eigenvalue weighted by atomic mass is 16.3. The fraction of sp³-hybridized carbons (Fsp3) is 0.0476. The number of nitrogens with zero attached hydrogens (tertiary/aromatic N) is 2. The summed E-state index contributed by atoms with van der Waals surface area (Å²) in [7, 11) is 0. The number of fused-ring (bicyclic) bond motifs is 10. The molecule has 0 unspecified atom stereocenters. The highest BCUT2D eigenvalue weighted by Gasteiger charge is 2.24. The summed E-state index contributed by atoms with van der Waals surface area (Å²) < 4.78 is 11.3. The van der Waals surface area contributed by atoms with E-state index in [2.05, 4.69) is 143 Å². The average Bonchev–Trinajstić information content (AvgIpc) is 3.76. The quantitative estimate of drug-likeness (QED) is 0.205. The first kappa shape index (κ1) is 24.6. The van der Waals surface area contributed by atoms with Crippen LogP contribution in [0.4, 0.5) is 0 Å². The third kappa shape index (κ3) is 3.52. The van der Waals surface area contributed by atoms with Gasteiger partial charge in [0.15, 0.2) is 0 Å². The third-order valence-corrected chi connectivity index (χ3v) is 9.57. The number of furan rings is 1. The Bertz CT molecular complexity index is 2650. The molecule has 45 heavy (non-hydrogen) atoms. The van der Waals surface area contributed by atoms with Gasteiger partial charge in [0.05, 0.1) is 16.6 Å². The summed E-state index contributed by atoms with van der Waals surface area (Å²) in [5, 5.41) is 6.12. The monoisotopic (exact) mass is 576 g/mol. The fourth-order valence-electron chi connectivity index (χ4n) is 7.63. The minimum absolute atomic E-state index is 0.905. The topological polar surface area (TPSA) is 23.0 Å². The average molecular weight is 577 g/mol. The highest BCUT2D eigenvalue weighted by molar-refractivity contribution is 6.22. The zero-order valence-electron chi connectivity index (χ0n) is 24.6. The van der Waals surface area contributed by atoms with E-state index in [1.807, 2.05) is 12.1 Å². The van der Waals surface area contributed by atoms with Gasteiger partial charge in [-0.05, 0) is 66.4 Å². The van der Waals surface area contributed by atoms with Crippen molar-refractivity contribution in [3.05, 3.63) is 151 Å². The van der Waals surface area contributed by atoms with Crippen molar-refractivity contribution in [3.8, 4) is 22.5 Å². The lowest BCUT2D eigenvalue weighted by Crippen LogP contribution is -2.03. The number of rotatable bonds is 3. The molecule has 6 aromatic carbocycles. The second-order valence-electron chi connectivity index (χ2n) is 12.0.